The van der Waals surface area contributed by atoms with Crippen molar-refractivity contribution in [3.05, 3.63) is 72.6 Å². The number of fused-ring (bicyclic) bond motifs is 1. The van der Waals surface area contributed by atoms with E-state index in [4.69, 9.17) is 4.74 Å². The summed E-state index contributed by atoms with van der Waals surface area (Å²) in [6.07, 6.45) is 3.66. The van der Waals surface area contributed by atoms with Crippen LogP contribution in [0.25, 0.3) is 33.3 Å². The average molecular weight is 325 g/mol. The Balaban J connectivity index is 2.07. The molecule has 0 aliphatic carbocycles. The summed E-state index contributed by atoms with van der Waals surface area (Å²) in [5.74, 6) is 0.729. The van der Waals surface area contributed by atoms with Gasteiger partial charge in [-0.15, -0.1) is 0 Å². The number of aromatic nitrogens is 2. The topological polar surface area (TPSA) is 61.7 Å². The smallest absolute Gasteiger partial charge is 0.127 e. The van der Waals surface area contributed by atoms with Gasteiger partial charge in [0.2, 0.25) is 0 Å². The third kappa shape index (κ3) is 2.52. The Morgan fingerprint density at radius 2 is 1.84 bits per heavy atom. The maximum atomic E-state index is 9.67. The van der Waals surface area contributed by atoms with E-state index in [2.05, 4.69) is 16.0 Å². The molecule has 0 amide bonds. The summed E-state index contributed by atoms with van der Waals surface area (Å²) in [5, 5.41) is 9.67. The molecular formula is C21H15N3O. The van der Waals surface area contributed by atoms with Gasteiger partial charge >= 0.3 is 0 Å². The first-order valence-corrected chi connectivity index (χ1v) is 7.92. The molecule has 4 heteroatoms. The summed E-state index contributed by atoms with van der Waals surface area (Å²) < 4.78 is 5.60. The first kappa shape index (κ1) is 15.0. The molecule has 0 radical (unpaired) electrons. The lowest BCUT2D eigenvalue weighted by atomic mass is 9.90. The van der Waals surface area contributed by atoms with Gasteiger partial charge in [-0.3, -0.25) is 4.98 Å². The summed E-state index contributed by atoms with van der Waals surface area (Å²) in [5.41, 5.74) is 6.02. The van der Waals surface area contributed by atoms with Crippen molar-refractivity contribution in [2.45, 2.75) is 0 Å². The zero-order chi connectivity index (χ0) is 17.2. The van der Waals surface area contributed by atoms with Gasteiger partial charge < -0.3 is 9.72 Å². The quantitative estimate of drug-likeness (QED) is 0.590. The molecular weight excluding hydrogens is 310 g/mol. The second-order valence-electron chi connectivity index (χ2n) is 5.68. The van der Waals surface area contributed by atoms with E-state index in [1.165, 1.54) is 0 Å². The normalized spacial score (nSPS) is 10.6. The minimum atomic E-state index is 0.590. The number of pyridine rings is 1. The van der Waals surface area contributed by atoms with Gasteiger partial charge in [-0.05, 0) is 29.8 Å². The minimum Gasteiger partial charge on any atom is -0.496 e. The van der Waals surface area contributed by atoms with E-state index in [-0.39, 0.29) is 0 Å². The lowest BCUT2D eigenvalue weighted by Crippen LogP contribution is -1.95. The van der Waals surface area contributed by atoms with Crippen LogP contribution in [0.2, 0.25) is 0 Å². The van der Waals surface area contributed by atoms with E-state index < -0.39 is 0 Å². The Morgan fingerprint density at radius 3 is 2.60 bits per heavy atom. The number of H-pyrrole nitrogens is 1. The van der Waals surface area contributed by atoms with Crippen molar-refractivity contribution in [2.75, 3.05) is 7.11 Å². The molecule has 1 N–H and O–H groups in total. The van der Waals surface area contributed by atoms with Crippen LogP contribution in [-0.4, -0.2) is 17.1 Å². The number of ether oxygens (including phenoxy) is 1. The number of nitriles is 1. The summed E-state index contributed by atoms with van der Waals surface area (Å²) in [4.78, 5) is 7.68. The van der Waals surface area contributed by atoms with Crippen LogP contribution in [0.15, 0.2) is 67.0 Å². The van der Waals surface area contributed by atoms with Crippen molar-refractivity contribution in [3.63, 3.8) is 0 Å². The fourth-order valence-corrected chi connectivity index (χ4v) is 3.11. The summed E-state index contributed by atoms with van der Waals surface area (Å²) in [6, 6.07) is 19.8. The van der Waals surface area contributed by atoms with Gasteiger partial charge in [0.25, 0.3) is 0 Å². The number of nitrogens with one attached hydrogen (secondary N) is 1. The number of aromatic amines is 1. The van der Waals surface area contributed by atoms with Crippen LogP contribution in [0.3, 0.4) is 0 Å². The average Bonchev–Trinajstić information content (AvgIpc) is 3.15. The van der Waals surface area contributed by atoms with Crippen molar-refractivity contribution >= 4 is 11.0 Å². The van der Waals surface area contributed by atoms with Crippen LogP contribution < -0.4 is 4.74 Å². The van der Waals surface area contributed by atoms with Crippen molar-refractivity contribution in [3.8, 4) is 34.1 Å². The Bertz CT molecular complexity index is 1090. The Kier molecular flexibility index (Phi) is 3.68. The van der Waals surface area contributed by atoms with Gasteiger partial charge in [0.15, 0.2) is 0 Å². The van der Waals surface area contributed by atoms with E-state index in [1.54, 1.807) is 19.4 Å². The highest BCUT2D eigenvalue weighted by atomic mass is 16.5. The predicted molar refractivity (Wildman–Crippen MR) is 98.2 cm³/mol. The number of rotatable bonds is 3. The molecule has 0 unspecified atom stereocenters. The molecule has 0 atom stereocenters. The maximum Gasteiger partial charge on any atom is 0.127 e. The van der Waals surface area contributed by atoms with Gasteiger partial charge in [0, 0.05) is 29.1 Å². The van der Waals surface area contributed by atoms with Crippen molar-refractivity contribution in [1.29, 1.82) is 5.26 Å². The first-order valence-electron chi connectivity index (χ1n) is 7.92. The molecule has 2 aromatic carbocycles. The zero-order valence-corrected chi connectivity index (χ0v) is 13.7. The van der Waals surface area contributed by atoms with Crippen LogP contribution in [0, 0.1) is 11.3 Å². The molecule has 0 aliphatic heterocycles. The Morgan fingerprint density at radius 1 is 1.00 bits per heavy atom. The predicted octanol–water partition coefficient (Wildman–Crippen LogP) is 4.78. The highest BCUT2D eigenvalue weighted by molar-refractivity contribution is 5.93. The van der Waals surface area contributed by atoms with Crippen LogP contribution in [-0.2, 0) is 0 Å². The number of hydrogen-bond donors (Lipinski definition) is 1. The van der Waals surface area contributed by atoms with Gasteiger partial charge in [-0.25, -0.2) is 0 Å². The van der Waals surface area contributed by atoms with E-state index in [9.17, 15) is 5.26 Å². The lowest BCUT2D eigenvalue weighted by Gasteiger charge is -2.16. The van der Waals surface area contributed by atoms with Crippen LogP contribution >= 0.6 is 0 Å². The molecule has 0 bridgehead atoms. The standard InChI is InChI=1S/C21H15N3O/c1-25-19-8-7-15(12-22)20(21(19)14-5-3-2-4-6-14)16-11-18-17(24-13-16)9-10-23-18/h2-11,13,23H,1H3. The Labute approximate surface area is 145 Å². The van der Waals surface area contributed by atoms with E-state index in [0.29, 0.717) is 5.56 Å². The maximum absolute atomic E-state index is 9.67. The highest BCUT2D eigenvalue weighted by Gasteiger charge is 2.18. The van der Waals surface area contributed by atoms with Crippen molar-refractivity contribution in [2.24, 2.45) is 0 Å². The molecule has 2 heterocycles. The number of nitrogens with zero attached hydrogens (tertiary/aromatic N) is 2. The number of benzene rings is 2. The van der Waals surface area contributed by atoms with E-state index in [1.807, 2.05) is 54.7 Å². The van der Waals surface area contributed by atoms with Crippen LogP contribution in [0.4, 0.5) is 0 Å². The number of hydrogen-bond acceptors (Lipinski definition) is 3. The fraction of sp³-hybridized carbons (Fsp3) is 0.0476. The van der Waals surface area contributed by atoms with Gasteiger partial charge in [0.1, 0.15) is 5.75 Å². The van der Waals surface area contributed by atoms with Crippen molar-refractivity contribution in [1.82, 2.24) is 9.97 Å². The third-order valence-corrected chi connectivity index (χ3v) is 4.26. The van der Waals surface area contributed by atoms with Crippen molar-refractivity contribution < 1.29 is 4.74 Å². The van der Waals surface area contributed by atoms with Gasteiger partial charge in [-0.1, -0.05) is 30.3 Å². The molecule has 4 aromatic rings. The summed E-state index contributed by atoms with van der Waals surface area (Å²) in [6.45, 7) is 0. The monoisotopic (exact) mass is 325 g/mol. The largest absolute Gasteiger partial charge is 0.496 e. The molecule has 0 spiro atoms. The lowest BCUT2D eigenvalue weighted by molar-refractivity contribution is 0.416. The first-order chi connectivity index (χ1) is 12.3. The molecule has 0 saturated heterocycles. The fourth-order valence-electron chi connectivity index (χ4n) is 3.11. The highest BCUT2D eigenvalue weighted by Crippen LogP contribution is 2.41. The van der Waals surface area contributed by atoms with Gasteiger partial charge in [-0.2, -0.15) is 5.26 Å². The van der Waals surface area contributed by atoms with E-state index in [0.717, 1.165) is 39.0 Å². The van der Waals surface area contributed by atoms with E-state index >= 15 is 0 Å². The van der Waals surface area contributed by atoms with Crippen LogP contribution in [0.5, 0.6) is 5.75 Å². The molecule has 2 aromatic heterocycles. The minimum absolute atomic E-state index is 0.590. The third-order valence-electron chi connectivity index (χ3n) is 4.26. The second kappa shape index (κ2) is 6.14. The molecule has 4 rings (SSSR count). The molecule has 25 heavy (non-hydrogen) atoms. The van der Waals surface area contributed by atoms with Crippen LogP contribution in [0.1, 0.15) is 5.56 Å². The van der Waals surface area contributed by atoms with Gasteiger partial charge in [0.05, 0.1) is 29.8 Å². The molecule has 0 saturated carbocycles. The molecule has 0 fully saturated rings. The Hall–Kier alpha value is -3.58. The molecule has 0 aliphatic rings. The summed E-state index contributed by atoms with van der Waals surface area (Å²) in [7, 11) is 1.64. The molecule has 120 valence electrons. The second-order valence-corrected chi connectivity index (χ2v) is 5.68. The number of methoxy groups -OCH3 is 1. The molecule has 4 nitrogen and oxygen atoms in total. The SMILES string of the molecule is COc1ccc(C#N)c(-c2cnc3cc[nH]c3c2)c1-c1ccccc1. The zero-order valence-electron chi connectivity index (χ0n) is 13.7. The summed E-state index contributed by atoms with van der Waals surface area (Å²) >= 11 is 0.